The Balaban J connectivity index is 1.72. The van der Waals surface area contributed by atoms with E-state index in [1.54, 1.807) is 23.7 Å². The van der Waals surface area contributed by atoms with Crippen LogP contribution in [0.5, 0.6) is 0 Å². The number of nitrogens with one attached hydrogen (secondary N) is 2. The molecule has 0 aliphatic heterocycles. The minimum absolute atomic E-state index is 0.0889. The molecule has 7 nitrogen and oxygen atoms in total. The van der Waals surface area contributed by atoms with Gasteiger partial charge in [-0.1, -0.05) is 17.7 Å². The summed E-state index contributed by atoms with van der Waals surface area (Å²) in [4.78, 5) is 25.2. The summed E-state index contributed by atoms with van der Waals surface area (Å²) in [6.45, 7) is 1.29. The number of anilines is 1. The SMILES string of the molecule is O=C(C[NH+](Cc1ccco1)Cc1cccs1)Nc1cc(Cl)ccc1[N+](=O)[O-]. The van der Waals surface area contributed by atoms with E-state index in [0.29, 0.717) is 18.1 Å². The van der Waals surface area contributed by atoms with Gasteiger partial charge in [0.05, 0.1) is 16.1 Å². The molecule has 140 valence electrons. The molecule has 3 rings (SSSR count). The maximum atomic E-state index is 12.5. The lowest BCUT2D eigenvalue weighted by atomic mass is 10.2. The van der Waals surface area contributed by atoms with Gasteiger partial charge < -0.3 is 14.6 Å². The van der Waals surface area contributed by atoms with Crippen LogP contribution in [0.25, 0.3) is 0 Å². The van der Waals surface area contributed by atoms with Gasteiger partial charge in [0.25, 0.3) is 11.6 Å². The van der Waals surface area contributed by atoms with Crippen LogP contribution < -0.4 is 10.2 Å². The molecular weight excluding hydrogens is 390 g/mol. The Morgan fingerprint density at radius 2 is 2.11 bits per heavy atom. The van der Waals surface area contributed by atoms with Crippen molar-refractivity contribution in [2.24, 2.45) is 0 Å². The van der Waals surface area contributed by atoms with Crippen LogP contribution in [-0.4, -0.2) is 17.4 Å². The Labute approximate surface area is 164 Å². The molecule has 0 radical (unpaired) electrons. The Bertz CT molecular complexity index is 877. The first-order valence-electron chi connectivity index (χ1n) is 8.13. The van der Waals surface area contributed by atoms with Gasteiger partial charge >= 0.3 is 0 Å². The predicted molar refractivity (Wildman–Crippen MR) is 103 cm³/mol. The van der Waals surface area contributed by atoms with E-state index >= 15 is 0 Å². The first kappa shape index (κ1) is 19.1. The number of nitro groups is 1. The highest BCUT2D eigenvalue weighted by molar-refractivity contribution is 7.09. The minimum Gasteiger partial charge on any atom is -0.463 e. The summed E-state index contributed by atoms with van der Waals surface area (Å²) in [5.74, 6) is 0.432. The molecular formula is C18H17ClN3O4S+. The minimum atomic E-state index is -0.551. The molecule has 0 fully saturated rings. The van der Waals surface area contributed by atoms with Crippen molar-refractivity contribution in [1.29, 1.82) is 0 Å². The molecule has 0 bridgehead atoms. The number of rotatable bonds is 8. The third-order valence-corrected chi connectivity index (χ3v) is 4.96. The summed E-state index contributed by atoms with van der Waals surface area (Å²) < 4.78 is 5.39. The zero-order valence-corrected chi connectivity index (χ0v) is 15.8. The second-order valence-corrected chi connectivity index (χ2v) is 7.37. The van der Waals surface area contributed by atoms with Crippen LogP contribution in [-0.2, 0) is 17.9 Å². The Morgan fingerprint density at radius 3 is 2.78 bits per heavy atom. The lowest BCUT2D eigenvalue weighted by Crippen LogP contribution is -3.10. The average Bonchev–Trinajstić information content (AvgIpc) is 3.28. The fourth-order valence-corrected chi connectivity index (χ4v) is 3.64. The van der Waals surface area contributed by atoms with Crippen molar-refractivity contribution in [1.82, 2.24) is 0 Å². The lowest BCUT2D eigenvalue weighted by Gasteiger charge is -2.17. The second kappa shape index (κ2) is 8.81. The van der Waals surface area contributed by atoms with E-state index in [9.17, 15) is 14.9 Å². The van der Waals surface area contributed by atoms with Crippen LogP contribution in [0.1, 0.15) is 10.6 Å². The van der Waals surface area contributed by atoms with E-state index in [2.05, 4.69) is 5.32 Å². The summed E-state index contributed by atoms with van der Waals surface area (Å²) in [7, 11) is 0. The van der Waals surface area contributed by atoms with Crippen molar-refractivity contribution in [3.63, 3.8) is 0 Å². The first-order valence-corrected chi connectivity index (χ1v) is 9.39. The molecule has 2 N–H and O–H groups in total. The largest absolute Gasteiger partial charge is 0.463 e. The highest BCUT2D eigenvalue weighted by Crippen LogP contribution is 2.27. The van der Waals surface area contributed by atoms with Gasteiger partial charge in [-0.2, -0.15) is 0 Å². The number of amides is 1. The molecule has 0 saturated carbocycles. The van der Waals surface area contributed by atoms with Crippen LogP contribution in [0.3, 0.4) is 0 Å². The Morgan fingerprint density at radius 1 is 1.26 bits per heavy atom. The van der Waals surface area contributed by atoms with Crippen molar-refractivity contribution in [3.8, 4) is 0 Å². The van der Waals surface area contributed by atoms with E-state index in [4.69, 9.17) is 16.0 Å². The fourth-order valence-electron chi connectivity index (χ4n) is 2.70. The normalized spacial score (nSPS) is 11.9. The molecule has 1 atom stereocenters. The average molecular weight is 407 g/mol. The highest BCUT2D eigenvalue weighted by Gasteiger charge is 2.21. The van der Waals surface area contributed by atoms with E-state index < -0.39 is 4.92 Å². The predicted octanol–water partition coefficient (Wildman–Crippen LogP) is 3.13. The first-order chi connectivity index (χ1) is 13.0. The molecule has 2 heterocycles. The summed E-state index contributed by atoms with van der Waals surface area (Å²) in [5, 5.41) is 16.1. The van der Waals surface area contributed by atoms with Crippen LogP contribution in [0.2, 0.25) is 5.02 Å². The van der Waals surface area contributed by atoms with E-state index in [0.717, 1.165) is 15.5 Å². The number of halogens is 1. The van der Waals surface area contributed by atoms with Crippen molar-refractivity contribution in [3.05, 3.63) is 79.9 Å². The molecule has 3 aromatic rings. The van der Waals surface area contributed by atoms with Crippen molar-refractivity contribution in [2.45, 2.75) is 13.1 Å². The number of furan rings is 1. The Hall–Kier alpha value is -2.68. The van der Waals surface area contributed by atoms with Gasteiger partial charge in [-0.3, -0.25) is 14.9 Å². The molecule has 0 aliphatic carbocycles. The van der Waals surface area contributed by atoms with Gasteiger partial charge in [0.1, 0.15) is 18.8 Å². The number of quaternary nitrogens is 1. The van der Waals surface area contributed by atoms with Crippen molar-refractivity contribution >= 4 is 40.2 Å². The van der Waals surface area contributed by atoms with Crippen LogP contribution in [0.15, 0.2) is 58.5 Å². The molecule has 0 spiro atoms. The Kier molecular flexibility index (Phi) is 6.23. The third kappa shape index (κ3) is 5.40. The quantitative estimate of drug-likeness (QED) is 0.444. The van der Waals surface area contributed by atoms with Gasteiger partial charge in [0.2, 0.25) is 0 Å². The van der Waals surface area contributed by atoms with E-state index in [-0.39, 0.29) is 23.8 Å². The summed E-state index contributed by atoms with van der Waals surface area (Å²) in [6.07, 6.45) is 1.59. The van der Waals surface area contributed by atoms with Gasteiger partial charge in [0.15, 0.2) is 12.3 Å². The molecule has 1 unspecified atom stereocenters. The van der Waals surface area contributed by atoms with Crippen molar-refractivity contribution < 1.29 is 19.0 Å². The van der Waals surface area contributed by atoms with Gasteiger partial charge in [-0.15, -0.1) is 11.3 Å². The van der Waals surface area contributed by atoms with Crippen molar-refractivity contribution in [2.75, 3.05) is 11.9 Å². The molecule has 0 saturated heterocycles. The van der Waals surface area contributed by atoms with Crippen LogP contribution in [0.4, 0.5) is 11.4 Å². The van der Waals surface area contributed by atoms with Crippen LogP contribution in [0, 0.1) is 10.1 Å². The number of benzene rings is 1. The number of hydrogen-bond donors (Lipinski definition) is 2. The summed E-state index contributed by atoms with van der Waals surface area (Å²) >= 11 is 7.52. The summed E-state index contributed by atoms with van der Waals surface area (Å²) in [5.41, 5.74) is -0.107. The van der Waals surface area contributed by atoms with E-state index in [1.807, 2.05) is 23.6 Å². The van der Waals surface area contributed by atoms with Gasteiger partial charge in [0, 0.05) is 11.1 Å². The molecule has 27 heavy (non-hydrogen) atoms. The molecule has 0 aliphatic rings. The topological polar surface area (TPSA) is 89.8 Å². The number of nitro benzene ring substituents is 1. The zero-order valence-electron chi connectivity index (χ0n) is 14.2. The number of hydrogen-bond acceptors (Lipinski definition) is 5. The second-order valence-electron chi connectivity index (χ2n) is 5.91. The summed E-state index contributed by atoms with van der Waals surface area (Å²) in [6, 6.07) is 11.7. The number of carbonyl (C=O) groups excluding carboxylic acids is 1. The van der Waals surface area contributed by atoms with Gasteiger partial charge in [-0.05, 0) is 35.7 Å². The number of nitrogens with zero attached hydrogens (tertiary/aromatic N) is 1. The molecule has 2 aromatic heterocycles. The van der Waals surface area contributed by atoms with E-state index in [1.165, 1.54) is 18.2 Å². The maximum Gasteiger partial charge on any atom is 0.292 e. The number of thiophene rings is 1. The van der Waals surface area contributed by atoms with Crippen LogP contribution >= 0.6 is 22.9 Å². The van der Waals surface area contributed by atoms with Gasteiger partial charge in [-0.25, -0.2) is 0 Å². The molecule has 1 aromatic carbocycles. The lowest BCUT2D eigenvalue weighted by molar-refractivity contribution is -0.920. The monoisotopic (exact) mass is 406 g/mol. The molecule has 9 heteroatoms. The zero-order chi connectivity index (χ0) is 19.2. The highest BCUT2D eigenvalue weighted by atomic mass is 35.5. The molecule has 1 amide bonds. The third-order valence-electron chi connectivity index (χ3n) is 3.85. The fraction of sp³-hybridized carbons (Fsp3) is 0.167. The maximum absolute atomic E-state index is 12.5. The standard InChI is InChI=1S/C18H16ClN3O4S/c19-13-5-6-17(22(24)25)16(9-13)20-18(23)12-21(10-14-3-1-7-26-14)11-15-4-2-8-27-15/h1-9H,10-12H2,(H,20,23)/p+1. The number of carbonyl (C=O) groups is 1. The smallest absolute Gasteiger partial charge is 0.292 e.